The number of allylic oxidation sites excluding steroid dienone is 1. The van der Waals surface area contributed by atoms with Gasteiger partial charge in [0.15, 0.2) is 9.84 Å². The Bertz CT molecular complexity index is 348. The van der Waals surface area contributed by atoms with Crippen LogP contribution in [0.25, 0.3) is 0 Å². The Labute approximate surface area is 97.8 Å². The molecule has 16 heavy (non-hydrogen) atoms. The van der Waals surface area contributed by atoms with Crippen LogP contribution in [0.15, 0.2) is 11.8 Å². The summed E-state index contributed by atoms with van der Waals surface area (Å²) in [4.78, 5) is 0. The van der Waals surface area contributed by atoms with Crippen molar-refractivity contribution in [1.82, 2.24) is 0 Å². The summed E-state index contributed by atoms with van der Waals surface area (Å²) >= 11 is 0. The Morgan fingerprint density at radius 2 is 1.94 bits per heavy atom. The van der Waals surface area contributed by atoms with Crippen molar-refractivity contribution in [2.75, 3.05) is 12.4 Å². The van der Waals surface area contributed by atoms with Crippen molar-refractivity contribution in [3.63, 3.8) is 0 Å². The first-order valence-electron chi connectivity index (χ1n) is 6.19. The van der Waals surface area contributed by atoms with Crippen molar-refractivity contribution < 1.29 is 13.2 Å². The van der Waals surface area contributed by atoms with E-state index in [1.54, 1.807) is 6.26 Å². The van der Waals surface area contributed by atoms with Gasteiger partial charge in [-0.25, -0.2) is 8.42 Å². The summed E-state index contributed by atoms with van der Waals surface area (Å²) in [7, 11) is -2.87. The minimum Gasteiger partial charge on any atom is -0.500 e. The molecule has 0 amide bonds. The van der Waals surface area contributed by atoms with Gasteiger partial charge in [0.25, 0.3) is 0 Å². The van der Waals surface area contributed by atoms with Gasteiger partial charge in [-0.1, -0.05) is 6.42 Å². The van der Waals surface area contributed by atoms with E-state index in [9.17, 15) is 8.42 Å². The molecule has 2 aliphatic rings. The average molecular weight is 244 g/mol. The van der Waals surface area contributed by atoms with Crippen molar-refractivity contribution in [1.29, 1.82) is 0 Å². The second-order valence-corrected chi connectivity index (χ2v) is 7.20. The van der Waals surface area contributed by atoms with Crippen LogP contribution in [0.4, 0.5) is 0 Å². The summed E-state index contributed by atoms with van der Waals surface area (Å²) < 4.78 is 28.9. The lowest BCUT2D eigenvalue weighted by molar-refractivity contribution is 0.236. The third-order valence-corrected chi connectivity index (χ3v) is 5.74. The molecule has 0 aromatic heterocycles. The van der Waals surface area contributed by atoms with Crippen molar-refractivity contribution in [2.24, 2.45) is 0 Å². The third-order valence-electron chi connectivity index (χ3n) is 3.49. The molecule has 0 N–H and O–H groups in total. The van der Waals surface area contributed by atoms with Crippen LogP contribution in [-0.4, -0.2) is 26.0 Å². The van der Waals surface area contributed by atoms with Crippen LogP contribution in [-0.2, 0) is 14.6 Å². The summed E-state index contributed by atoms with van der Waals surface area (Å²) in [5.74, 6) is 0.345. The SMILES string of the molecule is O=S1(=O)CCCCC1COC=C1CCCC1. The Morgan fingerprint density at radius 3 is 2.62 bits per heavy atom. The van der Waals surface area contributed by atoms with Crippen LogP contribution in [0.5, 0.6) is 0 Å². The van der Waals surface area contributed by atoms with E-state index in [-0.39, 0.29) is 5.25 Å². The van der Waals surface area contributed by atoms with E-state index < -0.39 is 9.84 Å². The Hall–Kier alpha value is -0.510. The molecule has 0 aromatic carbocycles. The summed E-state index contributed by atoms with van der Waals surface area (Å²) in [6, 6.07) is 0. The van der Waals surface area contributed by atoms with E-state index in [1.807, 2.05) is 0 Å². The highest BCUT2D eigenvalue weighted by Crippen LogP contribution is 2.24. The number of rotatable bonds is 3. The van der Waals surface area contributed by atoms with Gasteiger partial charge < -0.3 is 4.74 Å². The third kappa shape index (κ3) is 3.00. The van der Waals surface area contributed by atoms with Gasteiger partial charge in [0.05, 0.1) is 17.3 Å². The van der Waals surface area contributed by atoms with Crippen LogP contribution in [0.2, 0.25) is 0 Å². The first kappa shape index (κ1) is 12.0. The summed E-state index contributed by atoms with van der Waals surface area (Å²) in [6.45, 7) is 0.353. The molecule has 1 atom stereocenters. The molecule has 1 heterocycles. The second kappa shape index (κ2) is 5.21. The van der Waals surface area contributed by atoms with Gasteiger partial charge in [-0.2, -0.15) is 0 Å². The monoisotopic (exact) mass is 244 g/mol. The van der Waals surface area contributed by atoms with Crippen LogP contribution < -0.4 is 0 Å². The fourth-order valence-electron chi connectivity index (χ4n) is 2.43. The molecule has 1 aliphatic carbocycles. The van der Waals surface area contributed by atoms with E-state index in [0.717, 1.165) is 32.1 Å². The molecule has 1 unspecified atom stereocenters. The maximum absolute atomic E-state index is 11.7. The molecule has 0 radical (unpaired) electrons. The minimum atomic E-state index is -2.87. The predicted molar refractivity (Wildman–Crippen MR) is 63.9 cm³/mol. The van der Waals surface area contributed by atoms with Crippen molar-refractivity contribution in [3.05, 3.63) is 11.8 Å². The highest BCUT2D eigenvalue weighted by atomic mass is 32.2. The summed E-state index contributed by atoms with van der Waals surface area (Å²) in [6.07, 6.45) is 9.15. The van der Waals surface area contributed by atoms with Gasteiger partial charge in [0.2, 0.25) is 0 Å². The van der Waals surface area contributed by atoms with Gasteiger partial charge in [-0.05, 0) is 44.1 Å². The van der Waals surface area contributed by atoms with Gasteiger partial charge in [0.1, 0.15) is 6.61 Å². The Kier molecular flexibility index (Phi) is 3.90. The number of hydrogen-bond acceptors (Lipinski definition) is 3. The smallest absolute Gasteiger partial charge is 0.156 e. The number of hydrogen-bond donors (Lipinski definition) is 0. The van der Waals surface area contributed by atoms with Gasteiger partial charge in [-0.15, -0.1) is 0 Å². The molecule has 2 rings (SSSR count). The summed E-state index contributed by atoms with van der Waals surface area (Å²) in [5.41, 5.74) is 1.34. The van der Waals surface area contributed by atoms with Gasteiger partial charge in [-0.3, -0.25) is 0 Å². The molecular weight excluding hydrogens is 224 g/mol. The zero-order chi connectivity index (χ0) is 11.4. The topological polar surface area (TPSA) is 43.4 Å². The molecular formula is C12H20O3S. The van der Waals surface area contributed by atoms with Crippen molar-refractivity contribution in [3.8, 4) is 0 Å². The first-order valence-corrected chi connectivity index (χ1v) is 7.91. The first-order chi connectivity index (χ1) is 7.68. The lowest BCUT2D eigenvalue weighted by Crippen LogP contribution is -2.31. The maximum Gasteiger partial charge on any atom is 0.156 e. The van der Waals surface area contributed by atoms with Crippen LogP contribution >= 0.6 is 0 Å². The van der Waals surface area contributed by atoms with E-state index in [2.05, 4.69) is 0 Å². The standard InChI is InChI=1S/C12H20O3S/c13-16(14)8-4-3-7-12(16)10-15-9-11-5-1-2-6-11/h9,12H,1-8,10H2. The molecule has 2 fully saturated rings. The highest BCUT2D eigenvalue weighted by Gasteiger charge is 2.28. The number of sulfone groups is 1. The van der Waals surface area contributed by atoms with Crippen LogP contribution in [0.1, 0.15) is 44.9 Å². The average Bonchev–Trinajstić information content (AvgIpc) is 2.73. The zero-order valence-corrected chi connectivity index (χ0v) is 10.5. The molecule has 0 bridgehead atoms. The molecule has 1 saturated carbocycles. The molecule has 4 heteroatoms. The molecule has 0 spiro atoms. The fraction of sp³-hybridized carbons (Fsp3) is 0.833. The van der Waals surface area contributed by atoms with Crippen LogP contribution in [0.3, 0.4) is 0 Å². The van der Waals surface area contributed by atoms with Crippen molar-refractivity contribution in [2.45, 2.75) is 50.2 Å². The van der Waals surface area contributed by atoms with Gasteiger partial charge >= 0.3 is 0 Å². The largest absolute Gasteiger partial charge is 0.500 e. The molecule has 3 nitrogen and oxygen atoms in total. The maximum atomic E-state index is 11.7. The quantitative estimate of drug-likeness (QED) is 0.716. The molecule has 1 aliphatic heterocycles. The Morgan fingerprint density at radius 1 is 1.19 bits per heavy atom. The highest BCUT2D eigenvalue weighted by molar-refractivity contribution is 7.92. The number of ether oxygens (including phenoxy) is 1. The van der Waals surface area contributed by atoms with Gasteiger partial charge in [0, 0.05) is 0 Å². The van der Waals surface area contributed by atoms with E-state index in [0.29, 0.717) is 12.4 Å². The summed E-state index contributed by atoms with van der Waals surface area (Å²) in [5, 5.41) is -0.264. The zero-order valence-electron chi connectivity index (χ0n) is 9.65. The van der Waals surface area contributed by atoms with Crippen LogP contribution in [0, 0.1) is 0 Å². The molecule has 0 aromatic rings. The lowest BCUT2D eigenvalue weighted by Gasteiger charge is -2.21. The normalized spacial score (nSPS) is 29.0. The van der Waals surface area contributed by atoms with Crippen molar-refractivity contribution >= 4 is 9.84 Å². The van der Waals surface area contributed by atoms with E-state index in [1.165, 1.54) is 18.4 Å². The molecule has 92 valence electrons. The molecule has 1 saturated heterocycles. The minimum absolute atomic E-state index is 0.264. The van der Waals surface area contributed by atoms with E-state index in [4.69, 9.17) is 4.74 Å². The second-order valence-electron chi connectivity index (χ2n) is 4.80. The Balaban J connectivity index is 1.82. The lowest BCUT2D eigenvalue weighted by atomic mass is 10.2. The fourth-order valence-corrected chi connectivity index (χ4v) is 4.18. The van der Waals surface area contributed by atoms with E-state index >= 15 is 0 Å². The predicted octanol–water partition coefficient (Wildman–Crippen LogP) is 2.43.